The maximum atomic E-state index is 15.5. The zero-order chi connectivity index (χ0) is 31.7. The SMILES string of the molecule is COc1cc2ncnc(Nc3ccc(Oc4ccn5ncnc5c4)c(Cl)c3F)c2nc1OC1CCN(C(=O)OC(C)(C)C)CC1. The van der Waals surface area contributed by atoms with Crippen LogP contribution in [0.1, 0.15) is 33.6 Å². The van der Waals surface area contributed by atoms with Gasteiger partial charge in [0.2, 0.25) is 0 Å². The Morgan fingerprint density at radius 2 is 1.87 bits per heavy atom. The highest BCUT2D eigenvalue weighted by Crippen LogP contribution is 2.38. The zero-order valence-electron chi connectivity index (χ0n) is 25.0. The summed E-state index contributed by atoms with van der Waals surface area (Å²) in [5.41, 5.74) is 0.828. The number of fused-ring (bicyclic) bond motifs is 2. The summed E-state index contributed by atoms with van der Waals surface area (Å²) >= 11 is 6.37. The molecule has 5 heterocycles. The number of aromatic nitrogens is 6. The molecule has 0 aliphatic carbocycles. The number of ether oxygens (including phenoxy) is 4. The highest BCUT2D eigenvalue weighted by atomic mass is 35.5. The van der Waals surface area contributed by atoms with Gasteiger partial charge in [0, 0.05) is 44.3 Å². The number of halogens is 2. The number of hydrogen-bond acceptors (Lipinski definition) is 11. The molecule has 13 nitrogen and oxygen atoms in total. The third-order valence-electron chi connectivity index (χ3n) is 6.91. The number of methoxy groups -OCH3 is 1. The van der Waals surface area contributed by atoms with E-state index in [0.29, 0.717) is 54.1 Å². The average Bonchev–Trinajstić information content (AvgIpc) is 3.48. The lowest BCUT2D eigenvalue weighted by atomic mass is 10.1. The van der Waals surface area contributed by atoms with E-state index in [1.54, 1.807) is 39.9 Å². The average molecular weight is 637 g/mol. The van der Waals surface area contributed by atoms with Crippen molar-refractivity contribution in [2.75, 3.05) is 25.5 Å². The second kappa shape index (κ2) is 12.2. The Balaban J connectivity index is 1.20. The van der Waals surface area contributed by atoms with Crippen molar-refractivity contribution in [2.24, 2.45) is 0 Å². The van der Waals surface area contributed by atoms with E-state index in [2.05, 4.69) is 30.4 Å². The fraction of sp³-hybridized carbons (Fsp3) is 0.333. The molecule has 5 aromatic rings. The Morgan fingerprint density at radius 3 is 2.62 bits per heavy atom. The normalized spacial score (nSPS) is 14.0. The van der Waals surface area contributed by atoms with Crippen LogP contribution < -0.4 is 19.5 Å². The number of carbonyl (C=O) groups excluding carboxylic acids is 1. The van der Waals surface area contributed by atoms with E-state index in [1.165, 1.54) is 25.8 Å². The molecular weight excluding hydrogens is 607 g/mol. The van der Waals surface area contributed by atoms with Crippen LogP contribution in [-0.2, 0) is 4.74 Å². The molecule has 1 saturated heterocycles. The number of likely N-dealkylation sites (tertiary alicyclic amines) is 1. The zero-order valence-corrected chi connectivity index (χ0v) is 25.7. The van der Waals surface area contributed by atoms with Crippen molar-refractivity contribution in [2.45, 2.75) is 45.3 Å². The van der Waals surface area contributed by atoms with Gasteiger partial charge >= 0.3 is 6.09 Å². The molecule has 4 aromatic heterocycles. The van der Waals surface area contributed by atoms with Gasteiger partial charge < -0.3 is 29.2 Å². The quantitative estimate of drug-likeness (QED) is 0.219. The van der Waals surface area contributed by atoms with Gasteiger partial charge in [-0.1, -0.05) is 11.6 Å². The molecule has 6 rings (SSSR count). The number of rotatable bonds is 7. The topological polar surface area (TPSA) is 138 Å². The molecule has 1 amide bonds. The molecule has 0 unspecified atom stereocenters. The van der Waals surface area contributed by atoms with Gasteiger partial charge in [-0.15, -0.1) is 0 Å². The van der Waals surface area contributed by atoms with E-state index in [4.69, 9.17) is 30.5 Å². The van der Waals surface area contributed by atoms with Crippen LogP contribution in [0.3, 0.4) is 0 Å². The lowest BCUT2D eigenvalue weighted by Crippen LogP contribution is -2.44. The van der Waals surface area contributed by atoms with Crippen molar-refractivity contribution in [3.8, 4) is 23.1 Å². The molecule has 234 valence electrons. The van der Waals surface area contributed by atoms with Crippen LogP contribution in [0.4, 0.5) is 20.7 Å². The van der Waals surface area contributed by atoms with Gasteiger partial charge in [-0.05, 0) is 39.0 Å². The van der Waals surface area contributed by atoms with Crippen molar-refractivity contribution in [1.29, 1.82) is 0 Å². The molecule has 1 aliphatic heterocycles. The fourth-order valence-electron chi connectivity index (χ4n) is 4.74. The lowest BCUT2D eigenvalue weighted by Gasteiger charge is -2.33. The van der Waals surface area contributed by atoms with Gasteiger partial charge in [0.1, 0.15) is 46.4 Å². The molecule has 1 aromatic carbocycles. The van der Waals surface area contributed by atoms with E-state index >= 15 is 4.39 Å². The molecule has 0 spiro atoms. The highest BCUT2D eigenvalue weighted by molar-refractivity contribution is 6.32. The maximum Gasteiger partial charge on any atom is 0.410 e. The molecule has 1 N–H and O–H groups in total. The van der Waals surface area contributed by atoms with Crippen LogP contribution >= 0.6 is 11.6 Å². The largest absolute Gasteiger partial charge is 0.491 e. The van der Waals surface area contributed by atoms with Gasteiger partial charge in [-0.3, -0.25) is 0 Å². The molecule has 0 radical (unpaired) electrons. The van der Waals surface area contributed by atoms with E-state index in [1.807, 2.05) is 20.8 Å². The molecule has 0 saturated carbocycles. The lowest BCUT2D eigenvalue weighted by molar-refractivity contribution is 0.0121. The Morgan fingerprint density at radius 1 is 1.07 bits per heavy atom. The number of nitrogens with zero attached hydrogens (tertiary/aromatic N) is 7. The van der Waals surface area contributed by atoms with E-state index < -0.39 is 11.4 Å². The van der Waals surface area contributed by atoms with Crippen LogP contribution in [0.25, 0.3) is 16.7 Å². The summed E-state index contributed by atoms with van der Waals surface area (Å²) in [6, 6.07) is 8.02. The first-order valence-electron chi connectivity index (χ1n) is 14.1. The highest BCUT2D eigenvalue weighted by Gasteiger charge is 2.29. The molecule has 45 heavy (non-hydrogen) atoms. The third-order valence-corrected chi connectivity index (χ3v) is 7.27. The number of piperidine rings is 1. The predicted octanol–water partition coefficient (Wildman–Crippen LogP) is 6.18. The second-order valence-electron chi connectivity index (χ2n) is 11.3. The minimum Gasteiger partial charge on any atom is -0.491 e. The van der Waals surface area contributed by atoms with Gasteiger partial charge in [0.15, 0.2) is 23.0 Å². The molecule has 0 bridgehead atoms. The molecular formula is C30H30ClFN8O5. The first-order chi connectivity index (χ1) is 21.6. The number of benzene rings is 1. The molecule has 1 aliphatic rings. The number of amides is 1. The molecule has 1 fully saturated rings. The third kappa shape index (κ3) is 6.60. The van der Waals surface area contributed by atoms with E-state index in [9.17, 15) is 4.79 Å². The predicted molar refractivity (Wildman–Crippen MR) is 163 cm³/mol. The van der Waals surface area contributed by atoms with Gasteiger partial charge in [0.25, 0.3) is 5.88 Å². The van der Waals surface area contributed by atoms with Crippen molar-refractivity contribution in [3.63, 3.8) is 0 Å². The van der Waals surface area contributed by atoms with E-state index in [0.717, 1.165) is 0 Å². The van der Waals surface area contributed by atoms with Crippen LogP contribution in [0.2, 0.25) is 5.02 Å². The summed E-state index contributed by atoms with van der Waals surface area (Å²) in [6.07, 6.45) is 4.99. The van der Waals surface area contributed by atoms with Crippen molar-refractivity contribution < 1.29 is 28.1 Å². The van der Waals surface area contributed by atoms with E-state index in [-0.39, 0.29) is 40.4 Å². The number of nitrogens with one attached hydrogen (secondary N) is 1. The Labute approximate surface area is 262 Å². The smallest absolute Gasteiger partial charge is 0.410 e. The van der Waals surface area contributed by atoms with Crippen molar-refractivity contribution in [3.05, 3.63) is 60.0 Å². The second-order valence-corrected chi connectivity index (χ2v) is 11.6. The van der Waals surface area contributed by atoms with Crippen LogP contribution in [0.15, 0.2) is 49.2 Å². The Bertz CT molecular complexity index is 1870. The van der Waals surface area contributed by atoms with Gasteiger partial charge in [-0.2, -0.15) is 5.10 Å². The Kier molecular flexibility index (Phi) is 8.14. The summed E-state index contributed by atoms with van der Waals surface area (Å²) in [5.74, 6) is 0.625. The summed E-state index contributed by atoms with van der Waals surface area (Å²) < 4.78 is 40.1. The van der Waals surface area contributed by atoms with Gasteiger partial charge in [0.05, 0.1) is 18.3 Å². The van der Waals surface area contributed by atoms with Crippen molar-refractivity contribution >= 4 is 45.9 Å². The maximum absolute atomic E-state index is 15.5. The number of hydrogen-bond donors (Lipinski definition) is 1. The molecule has 15 heteroatoms. The Hall–Kier alpha value is -4.98. The standard InChI is InChI=1S/C30H30ClFN8O5/c1-30(2,3)45-29(41)39-10-7-17(8-11-39)44-28-22(42-4)14-20-26(38-28)27(35-15-33-20)37-19-5-6-21(24(31)25(19)32)43-18-9-12-40-23(13-18)34-16-36-40/h5-6,9,12-17H,7-8,10-11H2,1-4H3,(H,33,35,37). The monoisotopic (exact) mass is 636 g/mol. The number of pyridine rings is 2. The molecule has 0 atom stereocenters. The summed E-state index contributed by atoms with van der Waals surface area (Å²) in [6.45, 7) is 6.45. The first kappa shape index (κ1) is 30.1. The summed E-state index contributed by atoms with van der Waals surface area (Å²) in [7, 11) is 1.51. The number of anilines is 2. The first-order valence-corrected chi connectivity index (χ1v) is 14.5. The van der Waals surface area contributed by atoms with Crippen LogP contribution in [0.5, 0.6) is 23.1 Å². The van der Waals surface area contributed by atoms with Crippen LogP contribution in [-0.4, -0.2) is 72.4 Å². The minimum absolute atomic E-state index is 0.0508. The summed E-state index contributed by atoms with van der Waals surface area (Å²) in [4.78, 5) is 31.5. The summed E-state index contributed by atoms with van der Waals surface area (Å²) in [5, 5.41) is 6.78. The van der Waals surface area contributed by atoms with Gasteiger partial charge in [-0.25, -0.2) is 33.6 Å². The number of carbonyl (C=O) groups is 1. The minimum atomic E-state index is -0.744. The van der Waals surface area contributed by atoms with Crippen molar-refractivity contribution in [1.82, 2.24) is 34.4 Å². The van der Waals surface area contributed by atoms with Crippen LogP contribution in [0, 0.1) is 5.82 Å². The fourth-order valence-corrected chi connectivity index (χ4v) is 4.94.